The number of hydrogen-bond acceptors (Lipinski definition) is 9. The molecule has 1 saturated carbocycles. The van der Waals surface area contributed by atoms with Crippen LogP contribution in [0.1, 0.15) is 141 Å². The molecule has 0 saturated heterocycles. The smallest absolute Gasteiger partial charge is 0.410 e. The van der Waals surface area contributed by atoms with Gasteiger partial charge in [-0.2, -0.15) is 0 Å². The number of amides is 1. The zero-order valence-electron chi connectivity index (χ0n) is 35.5. The molecule has 0 spiro atoms. The van der Waals surface area contributed by atoms with Crippen molar-refractivity contribution in [3.8, 4) is 11.5 Å². The number of unbranched alkanes of at least 4 members (excludes halogenated alkanes) is 11. The van der Waals surface area contributed by atoms with Crippen LogP contribution in [-0.2, 0) is 14.3 Å². The number of nitrogens with zero attached hydrogens (tertiary/aromatic N) is 2. The van der Waals surface area contributed by atoms with Crippen molar-refractivity contribution in [3.05, 3.63) is 60.7 Å². The summed E-state index contributed by atoms with van der Waals surface area (Å²) in [5.74, 6) is -0.0671. The maximum atomic E-state index is 14.3. The van der Waals surface area contributed by atoms with Gasteiger partial charge in [0.15, 0.2) is 0 Å². The molecule has 0 aromatic heterocycles. The molecule has 6 atom stereocenters. The van der Waals surface area contributed by atoms with Gasteiger partial charge in [-0.1, -0.05) is 114 Å². The molecular formula is C47H74N2O8. The maximum absolute atomic E-state index is 14.3. The van der Waals surface area contributed by atoms with E-state index in [0.717, 1.165) is 74.0 Å². The van der Waals surface area contributed by atoms with Crippen LogP contribution in [0.25, 0.3) is 0 Å². The number of rotatable bonds is 29. The van der Waals surface area contributed by atoms with Gasteiger partial charge in [-0.25, -0.2) is 4.79 Å². The van der Waals surface area contributed by atoms with Gasteiger partial charge < -0.3 is 34.0 Å². The molecule has 57 heavy (non-hydrogen) atoms. The van der Waals surface area contributed by atoms with Crippen LogP contribution in [0, 0.1) is 17.8 Å². The van der Waals surface area contributed by atoms with Crippen molar-refractivity contribution in [2.45, 2.75) is 147 Å². The van der Waals surface area contributed by atoms with Crippen molar-refractivity contribution in [2.24, 2.45) is 22.9 Å². The van der Waals surface area contributed by atoms with Gasteiger partial charge in [-0.3, -0.25) is 4.90 Å². The summed E-state index contributed by atoms with van der Waals surface area (Å²) in [6.45, 7) is 13.8. The molecule has 0 radical (unpaired) electrons. The highest BCUT2D eigenvalue weighted by molar-refractivity contribution is 6.02. The lowest BCUT2D eigenvalue weighted by atomic mass is 9.55. The topological polar surface area (TPSA) is 119 Å². The first-order valence-corrected chi connectivity index (χ1v) is 22.2. The Balaban J connectivity index is 1.75. The van der Waals surface area contributed by atoms with E-state index in [-0.39, 0.29) is 49.6 Å². The number of hydrogen-bond donors (Lipinski definition) is 2. The SMILES string of the molecule is C=CCOc1ccc2c(c1)[C@H]1[C@H](CCCCO)[C@@H](CCCCO)C=C3C(=NOC)C[C@H](N(CCC)C(=O)OCCCCCCCCCCCC)[C@@](OCC=C)(O2)[C@H]31. The van der Waals surface area contributed by atoms with Crippen LogP contribution in [0.15, 0.2) is 60.3 Å². The Morgan fingerprint density at radius 2 is 1.60 bits per heavy atom. The minimum atomic E-state index is -1.30. The number of ether oxygens (including phenoxy) is 4. The normalized spacial score (nSPS) is 24.1. The Bertz CT molecular complexity index is 1430. The number of aliphatic hydroxyl groups is 2. The fraction of sp³-hybridized carbons (Fsp3) is 0.702. The Morgan fingerprint density at radius 1 is 0.912 bits per heavy atom. The number of fused-ring (bicyclic) bond motifs is 2. The van der Waals surface area contributed by atoms with Crippen LogP contribution in [-0.4, -0.2) is 85.4 Å². The fourth-order valence-electron chi connectivity index (χ4n) is 9.45. The van der Waals surface area contributed by atoms with Crippen molar-refractivity contribution in [1.29, 1.82) is 0 Å². The second-order valence-electron chi connectivity index (χ2n) is 16.0. The van der Waals surface area contributed by atoms with Gasteiger partial charge in [0.05, 0.1) is 24.8 Å². The number of benzene rings is 1. The average Bonchev–Trinajstić information content (AvgIpc) is 3.22. The van der Waals surface area contributed by atoms with Gasteiger partial charge in [0.25, 0.3) is 0 Å². The lowest BCUT2D eigenvalue weighted by Crippen LogP contribution is -2.70. The molecule has 0 bridgehead atoms. The number of carbonyl (C=O) groups is 1. The van der Waals surface area contributed by atoms with E-state index in [1.165, 1.54) is 44.9 Å². The molecule has 1 heterocycles. The minimum Gasteiger partial charge on any atom is -0.490 e. The average molecular weight is 795 g/mol. The number of allylic oxidation sites excluding steroid dienone is 1. The molecule has 1 aromatic carbocycles. The first kappa shape index (κ1) is 46.4. The van der Waals surface area contributed by atoms with Gasteiger partial charge in [0, 0.05) is 37.7 Å². The molecule has 2 N–H and O–H groups in total. The molecule has 1 aromatic rings. The van der Waals surface area contributed by atoms with Crippen molar-refractivity contribution in [2.75, 3.05) is 46.7 Å². The highest BCUT2D eigenvalue weighted by Crippen LogP contribution is 2.62. The largest absolute Gasteiger partial charge is 0.490 e. The van der Waals surface area contributed by atoms with Crippen LogP contribution in [0.3, 0.4) is 0 Å². The van der Waals surface area contributed by atoms with Crippen LogP contribution in [0.4, 0.5) is 4.79 Å². The van der Waals surface area contributed by atoms with E-state index < -0.39 is 11.8 Å². The molecule has 320 valence electrons. The van der Waals surface area contributed by atoms with Crippen LogP contribution < -0.4 is 9.47 Å². The predicted octanol–water partition coefficient (Wildman–Crippen LogP) is 10.3. The summed E-state index contributed by atoms with van der Waals surface area (Å²) < 4.78 is 26.4. The summed E-state index contributed by atoms with van der Waals surface area (Å²) >= 11 is 0. The lowest BCUT2D eigenvalue weighted by Gasteiger charge is -2.59. The van der Waals surface area contributed by atoms with E-state index >= 15 is 0 Å². The van der Waals surface area contributed by atoms with Gasteiger partial charge >= 0.3 is 6.09 Å². The van der Waals surface area contributed by atoms with Crippen LogP contribution in [0.5, 0.6) is 11.5 Å². The van der Waals surface area contributed by atoms with Crippen molar-refractivity contribution >= 4 is 11.8 Å². The van der Waals surface area contributed by atoms with Crippen LogP contribution in [0.2, 0.25) is 0 Å². The minimum absolute atomic E-state index is 0.111. The standard InChI is InChI=1S/C47H74N2O8/c1-6-10-11-12-13-14-15-16-17-22-32-55-46(52)49(27-7-2)43-35-41(48-53-5)39-33-36(23-18-20-28-50)38(24-19-21-29-51)44-40-34-37(54-30-8-3)25-26-42(40)57-47(43,45(39)44)56-31-9-4/h8-9,25-26,33-34,36,38,43-45,50-51H,3-4,6-7,10-24,27-32,35H2,1-2,5H3/t36-,38+,43-,44+,45+,47+/m0/s1. The van der Waals surface area contributed by atoms with E-state index in [1.54, 1.807) is 19.3 Å². The molecule has 4 rings (SSSR count). The van der Waals surface area contributed by atoms with Crippen molar-refractivity contribution < 1.29 is 38.8 Å². The zero-order chi connectivity index (χ0) is 40.9. The van der Waals surface area contributed by atoms with E-state index in [2.05, 4.69) is 44.3 Å². The molecule has 10 heteroatoms. The summed E-state index contributed by atoms with van der Waals surface area (Å²) in [6, 6.07) is 5.39. The van der Waals surface area contributed by atoms with E-state index in [1.807, 2.05) is 17.0 Å². The predicted molar refractivity (Wildman–Crippen MR) is 228 cm³/mol. The van der Waals surface area contributed by atoms with Gasteiger partial charge in [0.2, 0.25) is 5.79 Å². The molecule has 3 aliphatic rings. The van der Waals surface area contributed by atoms with E-state index in [0.29, 0.717) is 44.8 Å². The maximum Gasteiger partial charge on any atom is 0.410 e. The summed E-state index contributed by atoms with van der Waals surface area (Å²) in [7, 11) is 1.57. The molecule has 1 amide bonds. The molecule has 2 aliphatic carbocycles. The Morgan fingerprint density at radius 3 is 2.25 bits per heavy atom. The Hall–Kier alpha value is -3.34. The fourth-order valence-corrected chi connectivity index (χ4v) is 9.45. The summed E-state index contributed by atoms with van der Waals surface area (Å²) in [5, 5.41) is 24.3. The summed E-state index contributed by atoms with van der Waals surface area (Å²) in [4.78, 5) is 21.7. The molecular weight excluding hydrogens is 721 g/mol. The van der Waals surface area contributed by atoms with Crippen molar-refractivity contribution in [3.63, 3.8) is 0 Å². The number of oxime groups is 1. The second kappa shape index (κ2) is 25.2. The van der Waals surface area contributed by atoms with Gasteiger partial charge in [-0.05, 0) is 74.1 Å². The van der Waals surface area contributed by atoms with Crippen LogP contribution >= 0.6 is 0 Å². The number of aliphatic hydroxyl groups excluding tert-OH is 2. The first-order valence-electron chi connectivity index (χ1n) is 22.2. The quantitative estimate of drug-likeness (QED) is 0.0467. The summed E-state index contributed by atoms with van der Waals surface area (Å²) in [6.07, 6.45) is 23.4. The lowest BCUT2D eigenvalue weighted by molar-refractivity contribution is -0.255. The van der Waals surface area contributed by atoms with E-state index in [4.69, 9.17) is 23.8 Å². The van der Waals surface area contributed by atoms with E-state index in [9.17, 15) is 15.0 Å². The molecule has 0 unspecified atom stereocenters. The molecule has 1 aliphatic heterocycles. The van der Waals surface area contributed by atoms with Gasteiger partial charge in [0.1, 0.15) is 31.3 Å². The van der Waals surface area contributed by atoms with Crippen molar-refractivity contribution in [1.82, 2.24) is 4.90 Å². The number of carbonyl (C=O) groups excluding carboxylic acids is 1. The Labute approximate surface area is 343 Å². The second-order valence-corrected chi connectivity index (χ2v) is 16.0. The highest BCUT2D eigenvalue weighted by Gasteiger charge is 2.65. The monoisotopic (exact) mass is 795 g/mol. The highest BCUT2D eigenvalue weighted by atomic mass is 16.7. The molecule has 10 nitrogen and oxygen atoms in total. The van der Waals surface area contributed by atoms with Gasteiger partial charge in [-0.15, -0.1) is 6.58 Å². The zero-order valence-corrected chi connectivity index (χ0v) is 35.5. The third-order valence-corrected chi connectivity index (χ3v) is 12.0. The third-order valence-electron chi connectivity index (χ3n) is 12.0. The Kier molecular flexibility index (Phi) is 20.5. The molecule has 1 fully saturated rings. The first-order chi connectivity index (χ1) is 27.9. The summed E-state index contributed by atoms with van der Waals surface area (Å²) in [5.41, 5.74) is 2.80. The third kappa shape index (κ3) is 12.3.